The first-order valence-electron chi connectivity index (χ1n) is 5.07. The number of hydrogen-bond donors (Lipinski definition) is 1. The maximum Gasteiger partial charge on any atom is 0.0208 e. The van der Waals surface area contributed by atoms with E-state index in [4.69, 9.17) is 0 Å². The second-order valence-electron chi connectivity index (χ2n) is 3.99. The normalized spacial score (nSPS) is 16.5. The average molecular weight is 175 g/mol. The molecule has 0 amide bonds. The summed E-state index contributed by atoms with van der Waals surface area (Å²) in [5, 5.41) is 3.45. The van der Waals surface area contributed by atoms with Crippen molar-refractivity contribution in [1.82, 2.24) is 5.32 Å². The average Bonchev–Trinajstić information content (AvgIpc) is 2.31. The molecule has 0 unspecified atom stereocenters. The van der Waals surface area contributed by atoms with Gasteiger partial charge in [0.05, 0.1) is 0 Å². The Balaban J connectivity index is 2.43. The molecule has 1 nitrogen and oxygen atoms in total. The van der Waals surface area contributed by atoms with Crippen LogP contribution in [0.5, 0.6) is 0 Å². The molecule has 13 heavy (non-hydrogen) atoms. The Morgan fingerprint density at radius 2 is 1.77 bits per heavy atom. The standard InChI is InChI=1S/C12H17N/c1-9-6-11-4-3-5-13-8-12(11)7-10(9)2/h6-7,13H,3-5,8H2,1-2H3. The van der Waals surface area contributed by atoms with Gasteiger partial charge in [-0.05, 0) is 55.5 Å². The lowest BCUT2D eigenvalue weighted by molar-refractivity contribution is 0.680. The van der Waals surface area contributed by atoms with Gasteiger partial charge in [0.1, 0.15) is 0 Å². The van der Waals surface area contributed by atoms with Gasteiger partial charge in [-0.1, -0.05) is 12.1 Å². The highest BCUT2D eigenvalue weighted by Crippen LogP contribution is 2.19. The molecular weight excluding hydrogens is 158 g/mol. The third-order valence-electron chi connectivity index (χ3n) is 2.93. The van der Waals surface area contributed by atoms with Crippen LogP contribution in [-0.2, 0) is 13.0 Å². The fourth-order valence-electron chi connectivity index (χ4n) is 1.96. The molecule has 1 aromatic rings. The summed E-state index contributed by atoms with van der Waals surface area (Å²) in [6.07, 6.45) is 2.51. The number of nitrogens with one attached hydrogen (secondary N) is 1. The lowest BCUT2D eigenvalue weighted by atomic mass is 9.98. The molecule has 0 aromatic heterocycles. The van der Waals surface area contributed by atoms with Gasteiger partial charge in [-0.25, -0.2) is 0 Å². The highest BCUT2D eigenvalue weighted by atomic mass is 14.8. The van der Waals surface area contributed by atoms with Gasteiger partial charge < -0.3 is 5.32 Å². The lowest BCUT2D eigenvalue weighted by Gasteiger charge is -2.09. The molecule has 0 saturated heterocycles. The topological polar surface area (TPSA) is 12.0 Å². The van der Waals surface area contributed by atoms with Gasteiger partial charge in [-0.15, -0.1) is 0 Å². The summed E-state index contributed by atoms with van der Waals surface area (Å²) < 4.78 is 0. The summed E-state index contributed by atoms with van der Waals surface area (Å²) in [4.78, 5) is 0. The predicted octanol–water partition coefficient (Wildman–Crippen LogP) is 2.34. The van der Waals surface area contributed by atoms with Crippen LogP contribution in [0.15, 0.2) is 12.1 Å². The van der Waals surface area contributed by atoms with Crippen molar-refractivity contribution >= 4 is 0 Å². The molecule has 2 rings (SSSR count). The van der Waals surface area contributed by atoms with E-state index < -0.39 is 0 Å². The lowest BCUT2D eigenvalue weighted by Crippen LogP contribution is -2.12. The Bertz CT molecular complexity index is 284. The summed E-state index contributed by atoms with van der Waals surface area (Å²) in [6.45, 7) is 6.61. The van der Waals surface area contributed by atoms with Crippen LogP contribution in [0.1, 0.15) is 28.7 Å². The Hall–Kier alpha value is -0.820. The minimum Gasteiger partial charge on any atom is -0.313 e. The largest absolute Gasteiger partial charge is 0.313 e. The molecule has 0 saturated carbocycles. The van der Waals surface area contributed by atoms with Gasteiger partial charge in [-0.3, -0.25) is 0 Å². The SMILES string of the molecule is Cc1cc2c(cc1C)CNCCC2. The first kappa shape index (κ1) is 8.76. The molecule has 0 fully saturated rings. The van der Waals surface area contributed by atoms with E-state index >= 15 is 0 Å². The second kappa shape index (κ2) is 3.51. The maximum atomic E-state index is 3.45. The van der Waals surface area contributed by atoms with Crippen LogP contribution >= 0.6 is 0 Å². The third kappa shape index (κ3) is 1.75. The molecule has 0 bridgehead atoms. The van der Waals surface area contributed by atoms with E-state index in [1.165, 1.54) is 29.5 Å². The van der Waals surface area contributed by atoms with E-state index in [-0.39, 0.29) is 0 Å². The molecule has 0 spiro atoms. The predicted molar refractivity (Wildman–Crippen MR) is 55.9 cm³/mol. The molecule has 1 aliphatic rings. The molecule has 1 N–H and O–H groups in total. The van der Waals surface area contributed by atoms with Crippen LogP contribution in [0.3, 0.4) is 0 Å². The van der Waals surface area contributed by atoms with E-state index in [2.05, 4.69) is 31.3 Å². The van der Waals surface area contributed by atoms with Crippen LogP contribution in [0, 0.1) is 13.8 Å². The molecule has 1 aliphatic heterocycles. The van der Waals surface area contributed by atoms with E-state index in [1.807, 2.05) is 0 Å². The summed E-state index contributed by atoms with van der Waals surface area (Å²) >= 11 is 0. The molecular formula is C12H17N. The van der Waals surface area contributed by atoms with Crippen LogP contribution in [0.2, 0.25) is 0 Å². The maximum absolute atomic E-state index is 3.45. The smallest absolute Gasteiger partial charge is 0.0208 e. The molecule has 0 aliphatic carbocycles. The summed E-state index contributed by atoms with van der Waals surface area (Å²) in [6, 6.07) is 4.70. The Labute approximate surface area is 80.2 Å². The third-order valence-corrected chi connectivity index (χ3v) is 2.93. The fourth-order valence-corrected chi connectivity index (χ4v) is 1.96. The van der Waals surface area contributed by atoms with Crippen molar-refractivity contribution in [2.75, 3.05) is 6.54 Å². The van der Waals surface area contributed by atoms with Gasteiger partial charge in [0.25, 0.3) is 0 Å². The molecule has 0 atom stereocenters. The highest BCUT2D eigenvalue weighted by Gasteiger charge is 2.08. The van der Waals surface area contributed by atoms with Crippen LogP contribution < -0.4 is 5.32 Å². The zero-order valence-corrected chi connectivity index (χ0v) is 8.48. The molecule has 0 radical (unpaired) electrons. The monoisotopic (exact) mass is 175 g/mol. The Morgan fingerprint density at radius 3 is 2.54 bits per heavy atom. The van der Waals surface area contributed by atoms with Crippen molar-refractivity contribution in [3.05, 3.63) is 34.4 Å². The first-order chi connectivity index (χ1) is 6.27. The molecule has 1 heteroatoms. The number of benzene rings is 1. The number of aryl methyl sites for hydroxylation is 3. The quantitative estimate of drug-likeness (QED) is 0.638. The minimum atomic E-state index is 1.05. The molecule has 1 heterocycles. The second-order valence-corrected chi connectivity index (χ2v) is 3.99. The van der Waals surface area contributed by atoms with Gasteiger partial charge in [0.15, 0.2) is 0 Å². The van der Waals surface area contributed by atoms with Gasteiger partial charge >= 0.3 is 0 Å². The van der Waals surface area contributed by atoms with Crippen molar-refractivity contribution in [2.45, 2.75) is 33.2 Å². The zero-order valence-electron chi connectivity index (χ0n) is 8.48. The summed E-state index contributed by atoms with van der Waals surface area (Å²) in [5.74, 6) is 0. The van der Waals surface area contributed by atoms with Crippen LogP contribution in [0.4, 0.5) is 0 Å². The Morgan fingerprint density at radius 1 is 1.08 bits per heavy atom. The van der Waals surface area contributed by atoms with Crippen LogP contribution in [0.25, 0.3) is 0 Å². The molecule has 1 aromatic carbocycles. The van der Waals surface area contributed by atoms with Crippen molar-refractivity contribution in [3.8, 4) is 0 Å². The number of fused-ring (bicyclic) bond motifs is 1. The van der Waals surface area contributed by atoms with E-state index in [0.29, 0.717) is 0 Å². The van der Waals surface area contributed by atoms with Gasteiger partial charge in [0, 0.05) is 6.54 Å². The van der Waals surface area contributed by atoms with E-state index in [1.54, 1.807) is 5.56 Å². The van der Waals surface area contributed by atoms with Gasteiger partial charge in [-0.2, -0.15) is 0 Å². The first-order valence-corrected chi connectivity index (χ1v) is 5.07. The van der Waals surface area contributed by atoms with Crippen molar-refractivity contribution in [3.63, 3.8) is 0 Å². The van der Waals surface area contributed by atoms with Crippen molar-refractivity contribution in [2.24, 2.45) is 0 Å². The van der Waals surface area contributed by atoms with E-state index in [9.17, 15) is 0 Å². The highest BCUT2D eigenvalue weighted by molar-refractivity contribution is 5.37. The number of hydrogen-bond acceptors (Lipinski definition) is 1. The summed E-state index contributed by atoms with van der Waals surface area (Å²) in [7, 11) is 0. The van der Waals surface area contributed by atoms with Gasteiger partial charge in [0.2, 0.25) is 0 Å². The zero-order chi connectivity index (χ0) is 9.26. The van der Waals surface area contributed by atoms with Crippen LogP contribution in [-0.4, -0.2) is 6.54 Å². The number of rotatable bonds is 0. The minimum absolute atomic E-state index is 1.05. The van der Waals surface area contributed by atoms with Crippen molar-refractivity contribution in [1.29, 1.82) is 0 Å². The molecule has 70 valence electrons. The van der Waals surface area contributed by atoms with Crippen molar-refractivity contribution < 1.29 is 0 Å². The fraction of sp³-hybridized carbons (Fsp3) is 0.500. The van der Waals surface area contributed by atoms with E-state index in [0.717, 1.165) is 13.1 Å². The Kier molecular flexibility index (Phi) is 2.36. The summed E-state index contributed by atoms with van der Waals surface area (Å²) in [5.41, 5.74) is 5.90.